The summed E-state index contributed by atoms with van der Waals surface area (Å²) in [5.41, 5.74) is 8.04. The summed E-state index contributed by atoms with van der Waals surface area (Å²) in [6.45, 7) is 0.467. The average Bonchev–Trinajstić information content (AvgIpc) is 3.07. The molecule has 0 radical (unpaired) electrons. The molecule has 6 nitrogen and oxygen atoms in total. The standard InChI is InChI=1S/C25H26N4O2/c1-29-23(30)15-19(24(29)18-9-4-2-5-10-18)17-27-25(26)28-20-11-8-14-22(16-20)31-21-12-6-3-7-13-21/h2-14,16,19,24H,15,17H2,1H3,(H3,26,27,28). The van der Waals surface area contributed by atoms with Gasteiger partial charge in [0.1, 0.15) is 11.5 Å². The second-order valence-corrected chi connectivity index (χ2v) is 7.62. The van der Waals surface area contributed by atoms with Gasteiger partial charge in [-0.3, -0.25) is 9.79 Å². The number of anilines is 1. The molecule has 6 heteroatoms. The summed E-state index contributed by atoms with van der Waals surface area (Å²) in [6.07, 6.45) is 0.466. The van der Waals surface area contributed by atoms with Crippen molar-refractivity contribution in [2.75, 3.05) is 18.9 Å². The first kappa shape index (κ1) is 20.5. The van der Waals surface area contributed by atoms with Gasteiger partial charge in [0.25, 0.3) is 0 Å². The van der Waals surface area contributed by atoms with Gasteiger partial charge in [-0.2, -0.15) is 0 Å². The first-order chi connectivity index (χ1) is 15.1. The number of carbonyl (C=O) groups is 1. The molecule has 3 aromatic rings. The van der Waals surface area contributed by atoms with E-state index in [4.69, 9.17) is 10.5 Å². The average molecular weight is 415 g/mol. The lowest BCUT2D eigenvalue weighted by atomic mass is 9.94. The molecule has 0 aliphatic carbocycles. The Balaban J connectivity index is 1.42. The second-order valence-electron chi connectivity index (χ2n) is 7.62. The van der Waals surface area contributed by atoms with Gasteiger partial charge in [-0.05, 0) is 29.8 Å². The normalized spacial score (nSPS) is 18.8. The highest BCUT2D eigenvalue weighted by Crippen LogP contribution is 2.37. The molecule has 1 fully saturated rings. The number of nitrogens with one attached hydrogen (secondary N) is 1. The van der Waals surface area contributed by atoms with Crippen LogP contribution in [0.3, 0.4) is 0 Å². The molecule has 2 atom stereocenters. The maximum atomic E-state index is 12.3. The minimum absolute atomic E-state index is 0.00727. The molecular formula is C25H26N4O2. The van der Waals surface area contributed by atoms with Crippen LogP contribution in [-0.2, 0) is 4.79 Å². The minimum atomic E-state index is 0.00727. The number of nitrogens with zero attached hydrogens (tertiary/aromatic N) is 2. The molecule has 4 rings (SSSR count). The van der Waals surface area contributed by atoms with Gasteiger partial charge in [0.15, 0.2) is 5.96 Å². The van der Waals surface area contributed by atoms with E-state index < -0.39 is 0 Å². The highest BCUT2D eigenvalue weighted by molar-refractivity contribution is 5.92. The van der Waals surface area contributed by atoms with E-state index in [0.717, 1.165) is 17.0 Å². The predicted octanol–water partition coefficient (Wildman–Crippen LogP) is 4.43. The van der Waals surface area contributed by atoms with Crippen LogP contribution in [-0.4, -0.2) is 30.4 Å². The highest BCUT2D eigenvalue weighted by atomic mass is 16.5. The summed E-state index contributed by atoms with van der Waals surface area (Å²) in [5.74, 6) is 1.99. The molecule has 31 heavy (non-hydrogen) atoms. The van der Waals surface area contributed by atoms with Crippen molar-refractivity contribution in [3.05, 3.63) is 90.5 Å². The van der Waals surface area contributed by atoms with Gasteiger partial charge in [-0.25, -0.2) is 0 Å². The fourth-order valence-electron chi connectivity index (χ4n) is 3.93. The fourth-order valence-corrected chi connectivity index (χ4v) is 3.93. The van der Waals surface area contributed by atoms with E-state index in [1.165, 1.54) is 0 Å². The first-order valence-corrected chi connectivity index (χ1v) is 10.3. The van der Waals surface area contributed by atoms with E-state index in [0.29, 0.717) is 24.7 Å². The van der Waals surface area contributed by atoms with Gasteiger partial charge in [0.05, 0.1) is 6.04 Å². The Kier molecular flexibility index (Phi) is 6.17. The van der Waals surface area contributed by atoms with Crippen LogP contribution < -0.4 is 15.8 Å². The number of nitrogens with two attached hydrogens (primary N) is 1. The molecule has 1 aliphatic rings. The van der Waals surface area contributed by atoms with Crippen molar-refractivity contribution in [1.29, 1.82) is 0 Å². The largest absolute Gasteiger partial charge is 0.457 e. The van der Waals surface area contributed by atoms with Crippen LogP contribution in [0.2, 0.25) is 0 Å². The minimum Gasteiger partial charge on any atom is -0.457 e. The molecule has 0 aromatic heterocycles. The van der Waals surface area contributed by atoms with Crippen molar-refractivity contribution >= 4 is 17.6 Å². The van der Waals surface area contributed by atoms with Crippen LogP contribution in [0.1, 0.15) is 18.0 Å². The third-order valence-corrected chi connectivity index (χ3v) is 5.42. The Morgan fingerprint density at radius 1 is 1.03 bits per heavy atom. The Bertz CT molecular complexity index is 1050. The van der Waals surface area contributed by atoms with Crippen molar-refractivity contribution in [2.24, 2.45) is 16.6 Å². The fraction of sp³-hybridized carbons (Fsp3) is 0.200. The molecule has 158 valence electrons. The van der Waals surface area contributed by atoms with Crippen LogP contribution in [0, 0.1) is 5.92 Å². The summed E-state index contributed by atoms with van der Waals surface area (Å²) in [4.78, 5) is 18.6. The number of hydrogen-bond acceptors (Lipinski definition) is 3. The molecule has 1 saturated heterocycles. The monoisotopic (exact) mass is 414 g/mol. The number of carbonyl (C=O) groups excluding carboxylic acids is 1. The number of hydrogen-bond donors (Lipinski definition) is 2. The summed E-state index contributed by atoms with van der Waals surface area (Å²) < 4.78 is 5.86. The van der Waals surface area contributed by atoms with Crippen LogP contribution >= 0.6 is 0 Å². The molecule has 1 aliphatic heterocycles. The number of guanidine groups is 1. The predicted molar refractivity (Wildman–Crippen MR) is 123 cm³/mol. The second kappa shape index (κ2) is 9.34. The molecule has 1 amide bonds. The van der Waals surface area contributed by atoms with Gasteiger partial charge in [-0.1, -0.05) is 54.6 Å². The summed E-state index contributed by atoms with van der Waals surface area (Å²) in [7, 11) is 1.85. The Hall–Kier alpha value is -3.80. The van der Waals surface area contributed by atoms with Crippen molar-refractivity contribution in [3.63, 3.8) is 0 Å². The number of aliphatic imine (C=N–C) groups is 1. The number of likely N-dealkylation sites (tertiary alicyclic amines) is 1. The van der Waals surface area contributed by atoms with Crippen LogP contribution in [0.4, 0.5) is 5.69 Å². The van der Waals surface area contributed by atoms with E-state index in [1.54, 1.807) is 0 Å². The van der Waals surface area contributed by atoms with E-state index in [-0.39, 0.29) is 17.9 Å². The summed E-state index contributed by atoms with van der Waals surface area (Å²) >= 11 is 0. The SMILES string of the molecule is CN1C(=O)CC(CN=C(N)Nc2cccc(Oc3ccccc3)c2)C1c1ccccc1. The third-order valence-electron chi connectivity index (χ3n) is 5.42. The Labute approximate surface area is 182 Å². The van der Waals surface area contributed by atoms with Crippen LogP contribution in [0.15, 0.2) is 89.9 Å². The molecule has 3 aromatic carbocycles. The van der Waals surface area contributed by atoms with Gasteiger partial charge < -0.3 is 20.7 Å². The van der Waals surface area contributed by atoms with Crippen LogP contribution in [0.25, 0.3) is 0 Å². The highest BCUT2D eigenvalue weighted by Gasteiger charge is 2.38. The Morgan fingerprint density at radius 3 is 2.45 bits per heavy atom. The molecule has 1 heterocycles. The number of rotatable bonds is 6. The molecule has 3 N–H and O–H groups in total. The molecular weight excluding hydrogens is 388 g/mol. The summed E-state index contributed by atoms with van der Waals surface area (Å²) in [5, 5.41) is 3.12. The lowest BCUT2D eigenvalue weighted by Gasteiger charge is -2.24. The van der Waals surface area contributed by atoms with Crippen molar-refractivity contribution in [3.8, 4) is 11.5 Å². The zero-order valence-corrected chi connectivity index (χ0v) is 17.4. The molecule has 2 unspecified atom stereocenters. The maximum absolute atomic E-state index is 12.3. The lowest BCUT2D eigenvalue weighted by Crippen LogP contribution is -2.27. The van der Waals surface area contributed by atoms with Crippen molar-refractivity contribution < 1.29 is 9.53 Å². The van der Waals surface area contributed by atoms with Crippen molar-refractivity contribution in [2.45, 2.75) is 12.5 Å². The lowest BCUT2D eigenvalue weighted by molar-refractivity contribution is -0.127. The van der Waals surface area contributed by atoms with Crippen LogP contribution in [0.5, 0.6) is 11.5 Å². The quantitative estimate of drug-likeness (QED) is 0.462. The van der Waals surface area contributed by atoms with Gasteiger partial charge in [0, 0.05) is 37.7 Å². The number of ether oxygens (including phenoxy) is 1. The van der Waals surface area contributed by atoms with Gasteiger partial charge >= 0.3 is 0 Å². The third kappa shape index (κ3) is 5.04. The molecule has 0 bridgehead atoms. The zero-order chi connectivity index (χ0) is 21.6. The maximum Gasteiger partial charge on any atom is 0.223 e. The smallest absolute Gasteiger partial charge is 0.223 e. The topological polar surface area (TPSA) is 80.0 Å². The van der Waals surface area contributed by atoms with Gasteiger partial charge in [0.2, 0.25) is 5.91 Å². The summed E-state index contributed by atoms with van der Waals surface area (Å²) in [6, 6.07) is 27.2. The molecule has 0 spiro atoms. The van der Waals surface area contributed by atoms with Gasteiger partial charge in [-0.15, -0.1) is 0 Å². The number of para-hydroxylation sites is 1. The van der Waals surface area contributed by atoms with E-state index in [9.17, 15) is 4.79 Å². The Morgan fingerprint density at radius 2 is 1.71 bits per heavy atom. The van der Waals surface area contributed by atoms with Crippen molar-refractivity contribution in [1.82, 2.24) is 4.90 Å². The number of amides is 1. The van der Waals surface area contributed by atoms with E-state index in [2.05, 4.69) is 22.4 Å². The van der Waals surface area contributed by atoms with E-state index in [1.807, 2.05) is 84.7 Å². The van der Waals surface area contributed by atoms with E-state index >= 15 is 0 Å². The zero-order valence-electron chi connectivity index (χ0n) is 17.4. The number of benzene rings is 3. The molecule has 0 saturated carbocycles. The first-order valence-electron chi connectivity index (χ1n) is 10.3.